The zero-order chi connectivity index (χ0) is 15.5. The van der Waals surface area contributed by atoms with Crippen LogP contribution in [0.5, 0.6) is 0 Å². The molecule has 0 fully saturated rings. The average Bonchev–Trinajstić information content (AvgIpc) is 2.96. The van der Waals surface area contributed by atoms with Gasteiger partial charge in [0.2, 0.25) is 0 Å². The number of nitro benzene ring substituents is 1. The van der Waals surface area contributed by atoms with Gasteiger partial charge in [-0.15, -0.1) is 11.3 Å². The van der Waals surface area contributed by atoms with Crippen molar-refractivity contribution < 1.29 is 4.92 Å². The third kappa shape index (κ3) is 2.62. The van der Waals surface area contributed by atoms with E-state index in [0.717, 1.165) is 10.9 Å². The number of nitrogens with zero attached hydrogens (tertiary/aromatic N) is 2. The number of nitro groups is 1. The van der Waals surface area contributed by atoms with Crippen LogP contribution in [0.15, 0.2) is 47.8 Å². The molecule has 0 amide bonds. The van der Waals surface area contributed by atoms with Crippen molar-refractivity contribution in [2.24, 2.45) is 0 Å². The van der Waals surface area contributed by atoms with Crippen LogP contribution in [0.1, 0.15) is 5.56 Å². The minimum Gasteiger partial charge on any atom is -0.375 e. The fourth-order valence-corrected chi connectivity index (χ4v) is 3.21. The maximum Gasteiger partial charge on any atom is 0.282 e. The molecule has 0 aliphatic carbocycles. The summed E-state index contributed by atoms with van der Waals surface area (Å²) in [4.78, 5) is 13.9. The normalized spacial score (nSPS) is 10.3. The number of hydrogen-bond donors (Lipinski definition) is 1. The second kappa shape index (κ2) is 5.84. The molecule has 6 heteroatoms. The number of rotatable bonds is 4. The van der Waals surface area contributed by atoms with Gasteiger partial charge in [-0.1, -0.05) is 24.3 Å². The van der Waals surface area contributed by atoms with Crippen LogP contribution in [0.2, 0.25) is 0 Å². The SMILES string of the molecule is [C-]#[N+]c1ccc(NCc2csc3ccccc23)c([N+](=O)[O-])c1. The molecule has 2 aromatic carbocycles. The average molecular weight is 309 g/mol. The van der Waals surface area contributed by atoms with Gasteiger partial charge in [0.05, 0.1) is 11.5 Å². The van der Waals surface area contributed by atoms with Gasteiger partial charge in [0.1, 0.15) is 5.69 Å². The number of fused-ring (bicyclic) bond motifs is 1. The van der Waals surface area contributed by atoms with Crippen molar-refractivity contribution in [2.45, 2.75) is 6.54 Å². The highest BCUT2D eigenvalue weighted by Gasteiger charge is 2.14. The molecule has 0 aliphatic heterocycles. The van der Waals surface area contributed by atoms with Crippen LogP contribution in [0.25, 0.3) is 14.9 Å². The van der Waals surface area contributed by atoms with Crippen molar-refractivity contribution in [3.05, 3.63) is 74.9 Å². The Labute approximate surface area is 130 Å². The fraction of sp³-hybridized carbons (Fsp3) is 0.0625. The van der Waals surface area contributed by atoms with Crippen LogP contribution < -0.4 is 5.32 Å². The monoisotopic (exact) mass is 309 g/mol. The second-order valence-electron chi connectivity index (χ2n) is 4.68. The largest absolute Gasteiger partial charge is 0.375 e. The minimum atomic E-state index is -0.470. The number of hydrogen-bond acceptors (Lipinski definition) is 4. The zero-order valence-corrected chi connectivity index (χ0v) is 12.3. The topological polar surface area (TPSA) is 59.5 Å². The highest BCUT2D eigenvalue weighted by molar-refractivity contribution is 7.17. The van der Waals surface area contributed by atoms with Gasteiger partial charge in [-0.05, 0) is 28.5 Å². The first-order valence-electron chi connectivity index (χ1n) is 6.54. The number of nitrogens with one attached hydrogen (secondary N) is 1. The molecule has 5 nitrogen and oxygen atoms in total. The Morgan fingerprint density at radius 3 is 2.86 bits per heavy atom. The van der Waals surface area contributed by atoms with E-state index in [1.807, 2.05) is 18.2 Å². The van der Waals surface area contributed by atoms with Crippen LogP contribution in [-0.2, 0) is 6.54 Å². The lowest BCUT2D eigenvalue weighted by Crippen LogP contribution is -2.02. The summed E-state index contributed by atoms with van der Waals surface area (Å²) in [5.41, 5.74) is 1.71. The van der Waals surface area contributed by atoms with Crippen molar-refractivity contribution in [1.29, 1.82) is 0 Å². The molecule has 0 saturated heterocycles. The van der Waals surface area contributed by atoms with Gasteiger partial charge >= 0.3 is 0 Å². The molecule has 22 heavy (non-hydrogen) atoms. The quantitative estimate of drug-likeness (QED) is 0.420. The Morgan fingerprint density at radius 1 is 1.27 bits per heavy atom. The van der Waals surface area contributed by atoms with E-state index in [1.165, 1.54) is 10.8 Å². The van der Waals surface area contributed by atoms with Crippen LogP contribution in [0.4, 0.5) is 17.1 Å². The van der Waals surface area contributed by atoms with Crippen LogP contribution in [0, 0.1) is 16.7 Å². The van der Waals surface area contributed by atoms with Crippen molar-refractivity contribution in [3.8, 4) is 0 Å². The van der Waals surface area contributed by atoms with E-state index in [4.69, 9.17) is 6.57 Å². The zero-order valence-electron chi connectivity index (χ0n) is 11.4. The summed E-state index contributed by atoms with van der Waals surface area (Å²) in [5.74, 6) is 0. The third-order valence-corrected chi connectivity index (χ3v) is 4.35. The predicted octanol–water partition coefficient (Wildman–Crippen LogP) is 4.97. The standard InChI is InChI=1S/C16H11N3O2S/c1-17-12-6-7-14(15(8-12)19(20)21)18-9-11-10-22-16-5-3-2-4-13(11)16/h2-8,10,18H,9H2. The molecule has 1 aromatic heterocycles. The first kappa shape index (κ1) is 14.0. The molecule has 0 aliphatic rings. The summed E-state index contributed by atoms with van der Waals surface area (Å²) in [7, 11) is 0. The first-order chi connectivity index (χ1) is 10.7. The van der Waals surface area contributed by atoms with Crippen molar-refractivity contribution in [2.75, 3.05) is 5.32 Å². The molecule has 1 heterocycles. The molecule has 0 bridgehead atoms. The summed E-state index contributed by atoms with van der Waals surface area (Å²) >= 11 is 1.65. The molecule has 0 radical (unpaired) electrons. The van der Waals surface area contributed by atoms with Crippen molar-refractivity contribution in [1.82, 2.24) is 0 Å². The molecule has 0 saturated carbocycles. The van der Waals surface area contributed by atoms with Crippen LogP contribution in [0.3, 0.4) is 0 Å². The van der Waals surface area contributed by atoms with E-state index in [1.54, 1.807) is 23.5 Å². The smallest absolute Gasteiger partial charge is 0.282 e. The number of benzene rings is 2. The molecule has 108 valence electrons. The summed E-state index contributed by atoms with van der Waals surface area (Å²) in [6, 6.07) is 12.5. The summed E-state index contributed by atoms with van der Waals surface area (Å²) in [6.45, 7) is 7.44. The van der Waals surface area contributed by atoms with Gasteiger partial charge in [0.25, 0.3) is 5.69 Å². The minimum absolute atomic E-state index is 0.0759. The highest BCUT2D eigenvalue weighted by atomic mass is 32.1. The Balaban J connectivity index is 1.88. The molecule has 0 spiro atoms. The summed E-state index contributed by atoms with van der Waals surface area (Å²) < 4.78 is 1.19. The molecule has 0 unspecified atom stereocenters. The first-order valence-corrected chi connectivity index (χ1v) is 7.42. The van der Waals surface area contributed by atoms with Crippen LogP contribution >= 0.6 is 11.3 Å². The lowest BCUT2D eigenvalue weighted by atomic mass is 10.1. The maximum atomic E-state index is 11.1. The Kier molecular flexibility index (Phi) is 3.73. The van der Waals surface area contributed by atoms with Gasteiger partial charge in [0, 0.05) is 17.3 Å². The van der Waals surface area contributed by atoms with Gasteiger partial charge < -0.3 is 5.32 Å². The number of anilines is 1. The van der Waals surface area contributed by atoms with E-state index in [9.17, 15) is 10.1 Å². The Hall–Kier alpha value is -2.91. The lowest BCUT2D eigenvalue weighted by molar-refractivity contribution is -0.383. The fourth-order valence-electron chi connectivity index (χ4n) is 2.25. The van der Waals surface area contributed by atoms with Crippen LogP contribution in [-0.4, -0.2) is 4.92 Å². The third-order valence-electron chi connectivity index (χ3n) is 3.34. The molecule has 0 atom stereocenters. The number of thiophene rings is 1. The van der Waals surface area contributed by atoms with E-state index in [2.05, 4.69) is 21.6 Å². The van der Waals surface area contributed by atoms with Gasteiger partial charge in [0.15, 0.2) is 5.69 Å². The summed E-state index contributed by atoms with van der Waals surface area (Å²) in [5, 5.41) is 17.4. The molecule has 3 rings (SSSR count). The lowest BCUT2D eigenvalue weighted by Gasteiger charge is -2.07. The highest BCUT2D eigenvalue weighted by Crippen LogP contribution is 2.31. The van der Waals surface area contributed by atoms with E-state index in [0.29, 0.717) is 12.2 Å². The Bertz CT molecular complexity index is 896. The second-order valence-corrected chi connectivity index (χ2v) is 5.59. The maximum absolute atomic E-state index is 11.1. The summed E-state index contributed by atoms with van der Waals surface area (Å²) in [6.07, 6.45) is 0. The van der Waals surface area contributed by atoms with E-state index < -0.39 is 4.92 Å². The molecular weight excluding hydrogens is 298 g/mol. The molecule has 1 N–H and O–H groups in total. The van der Waals surface area contributed by atoms with E-state index >= 15 is 0 Å². The van der Waals surface area contributed by atoms with E-state index in [-0.39, 0.29) is 11.4 Å². The van der Waals surface area contributed by atoms with Crippen molar-refractivity contribution >= 4 is 38.5 Å². The molecule has 3 aromatic rings. The predicted molar refractivity (Wildman–Crippen MR) is 88.5 cm³/mol. The van der Waals surface area contributed by atoms with Gasteiger partial charge in [-0.25, -0.2) is 4.85 Å². The molecular formula is C16H11N3O2S. The van der Waals surface area contributed by atoms with Crippen molar-refractivity contribution in [3.63, 3.8) is 0 Å². The van der Waals surface area contributed by atoms with Gasteiger partial charge in [-0.3, -0.25) is 10.1 Å². The Morgan fingerprint density at radius 2 is 2.09 bits per heavy atom. The van der Waals surface area contributed by atoms with Gasteiger partial charge in [-0.2, -0.15) is 0 Å².